The molecule has 0 saturated heterocycles. The lowest BCUT2D eigenvalue weighted by atomic mass is 10.0. The summed E-state index contributed by atoms with van der Waals surface area (Å²) in [6.07, 6.45) is 5.78. The number of nitrogens with zero attached hydrogens (tertiary/aromatic N) is 3. The third-order valence-electron chi connectivity index (χ3n) is 4.24. The molecule has 118 valence electrons. The fourth-order valence-electron chi connectivity index (χ4n) is 2.78. The number of fused-ring (bicyclic) bond motifs is 1. The van der Waals surface area contributed by atoms with Gasteiger partial charge in [-0.2, -0.15) is 10.4 Å². The van der Waals surface area contributed by atoms with Gasteiger partial charge in [-0.05, 0) is 35.6 Å². The van der Waals surface area contributed by atoms with E-state index in [1.54, 1.807) is 24.7 Å². The van der Waals surface area contributed by atoms with Crippen LogP contribution >= 0.6 is 0 Å². The molecule has 3 aromatic rings. The van der Waals surface area contributed by atoms with E-state index in [0.29, 0.717) is 17.9 Å². The fraction of sp³-hybridized carbons (Fsp3) is 0.176. The Morgan fingerprint density at radius 2 is 2.21 bits per heavy atom. The molecule has 24 heavy (non-hydrogen) atoms. The molecule has 1 fully saturated rings. The Morgan fingerprint density at radius 3 is 2.92 bits per heavy atom. The summed E-state index contributed by atoms with van der Waals surface area (Å²) in [6, 6.07) is 7.74. The zero-order valence-corrected chi connectivity index (χ0v) is 12.7. The molecule has 1 amide bonds. The van der Waals surface area contributed by atoms with Crippen LogP contribution in [0.2, 0.25) is 0 Å². The van der Waals surface area contributed by atoms with Crippen molar-refractivity contribution in [1.29, 1.82) is 5.26 Å². The Bertz CT molecular complexity index is 973. The van der Waals surface area contributed by atoms with Gasteiger partial charge < -0.3 is 11.1 Å². The highest BCUT2D eigenvalue weighted by Crippen LogP contribution is 2.38. The number of carbonyl (C=O) groups is 1. The second kappa shape index (κ2) is 5.35. The van der Waals surface area contributed by atoms with Crippen LogP contribution in [-0.4, -0.2) is 21.1 Å². The highest BCUT2D eigenvalue weighted by molar-refractivity contribution is 6.00. The molecule has 7 nitrogen and oxygen atoms in total. The van der Waals surface area contributed by atoms with Gasteiger partial charge in [-0.1, -0.05) is 0 Å². The first kappa shape index (κ1) is 14.2. The maximum Gasteiger partial charge on any atom is 0.230 e. The summed E-state index contributed by atoms with van der Waals surface area (Å²) in [7, 11) is 0. The highest BCUT2D eigenvalue weighted by atomic mass is 16.2. The summed E-state index contributed by atoms with van der Waals surface area (Å²) >= 11 is 0. The van der Waals surface area contributed by atoms with E-state index in [4.69, 9.17) is 11.0 Å². The van der Waals surface area contributed by atoms with Crippen molar-refractivity contribution in [3.8, 4) is 17.2 Å². The number of pyridine rings is 1. The van der Waals surface area contributed by atoms with Gasteiger partial charge in [0.2, 0.25) is 5.91 Å². The van der Waals surface area contributed by atoms with Crippen molar-refractivity contribution in [2.75, 3.05) is 11.1 Å². The quantitative estimate of drug-likeness (QED) is 0.640. The minimum atomic E-state index is -0.227. The van der Waals surface area contributed by atoms with Crippen LogP contribution in [0.25, 0.3) is 21.9 Å². The van der Waals surface area contributed by atoms with Crippen molar-refractivity contribution in [2.24, 2.45) is 11.8 Å². The van der Waals surface area contributed by atoms with Gasteiger partial charge >= 0.3 is 0 Å². The number of benzene rings is 1. The minimum Gasteiger partial charge on any atom is -0.398 e. The number of carbonyl (C=O) groups excluding carboxylic acids is 1. The van der Waals surface area contributed by atoms with E-state index in [0.717, 1.165) is 21.9 Å². The Kier molecular flexibility index (Phi) is 3.17. The van der Waals surface area contributed by atoms with Crippen molar-refractivity contribution in [1.82, 2.24) is 15.2 Å². The SMILES string of the molecule is N#CC1CC1C(=O)Nc1cc2cc(-c3cn[nH]c3)cc(N)c2cn1. The number of H-pyrrole nitrogens is 1. The number of anilines is 2. The molecule has 2 heterocycles. The highest BCUT2D eigenvalue weighted by Gasteiger charge is 2.43. The van der Waals surface area contributed by atoms with Crippen LogP contribution < -0.4 is 11.1 Å². The van der Waals surface area contributed by atoms with Crippen molar-refractivity contribution >= 4 is 28.2 Å². The van der Waals surface area contributed by atoms with Crippen LogP contribution in [0.1, 0.15) is 6.42 Å². The number of nitrogens with one attached hydrogen (secondary N) is 2. The van der Waals surface area contributed by atoms with Crippen molar-refractivity contribution in [2.45, 2.75) is 6.42 Å². The van der Waals surface area contributed by atoms with Gasteiger partial charge in [0.05, 0.1) is 24.1 Å². The van der Waals surface area contributed by atoms with Crippen molar-refractivity contribution < 1.29 is 4.79 Å². The lowest BCUT2D eigenvalue weighted by Gasteiger charge is -2.08. The Morgan fingerprint density at radius 1 is 1.33 bits per heavy atom. The Balaban J connectivity index is 1.67. The average Bonchev–Trinajstić information content (AvgIpc) is 3.17. The zero-order valence-electron chi connectivity index (χ0n) is 12.7. The molecular weight excluding hydrogens is 304 g/mol. The fourth-order valence-corrected chi connectivity index (χ4v) is 2.78. The number of nitriles is 1. The normalized spacial score (nSPS) is 19.0. The molecule has 1 saturated carbocycles. The van der Waals surface area contributed by atoms with E-state index in [-0.39, 0.29) is 17.7 Å². The number of nitrogen functional groups attached to an aromatic ring is 1. The molecule has 0 radical (unpaired) electrons. The topological polar surface area (TPSA) is 120 Å². The zero-order chi connectivity index (χ0) is 16.7. The number of hydrogen-bond acceptors (Lipinski definition) is 5. The molecule has 4 N–H and O–H groups in total. The number of aromatic amines is 1. The lowest BCUT2D eigenvalue weighted by molar-refractivity contribution is -0.117. The Hall–Kier alpha value is -3.40. The second-order valence-corrected chi connectivity index (χ2v) is 5.91. The maximum absolute atomic E-state index is 12.1. The average molecular weight is 318 g/mol. The number of amides is 1. The van der Waals surface area contributed by atoms with Gasteiger partial charge in [0, 0.05) is 29.0 Å². The smallest absolute Gasteiger partial charge is 0.230 e. The van der Waals surface area contributed by atoms with Crippen LogP contribution in [0.4, 0.5) is 11.5 Å². The molecule has 7 heteroatoms. The molecule has 2 aromatic heterocycles. The molecule has 2 atom stereocenters. The van der Waals surface area contributed by atoms with E-state index >= 15 is 0 Å². The predicted octanol–water partition coefficient (Wildman–Crippen LogP) is 2.31. The molecule has 1 aromatic carbocycles. The summed E-state index contributed by atoms with van der Waals surface area (Å²) in [4.78, 5) is 16.3. The standard InChI is InChI=1S/C17H14N6O/c18-5-11-2-13(11)17(24)23-16-4-10-1-9(12-6-21-22-7-12)3-15(19)14(10)8-20-16/h1,3-4,6-8,11,13H,2,19H2,(H,21,22)(H,20,23,24). The Labute approximate surface area is 137 Å². The van der Waals surface area contributed by atoms with Crippen LogP contribution in [0.15, 0.2) is 36.8 Å². The lowest BCUT2D eigenvalue weighted by Crippen LogP contribution is -2.15. The summed E-state index contributed by atoms with van der Waals surface area (Å²) in [5.41, 5.74) is 8.59. The van der Waals surface area contributed by atoms with E-state index in [1.165, 1.54) is 0 Å². The monoisotopic (exact) mass is 318 g/mol. The summed E-state index contributed by atoms with van der Waals surface area (Å²) in [6.45, 7) is 0. The predicted molar refractivity (Wildman–Crippen MR) is 89.6 cm³/mol. The van der Waals surface area contributed by atoms with Gasteiger partial charge in [0.1, 0.15) is 5.82 Å². The molecule has 1 aliphatic rings. The van der Waals surface area contributed by atoms with Gasteiger partial charge in [0.25, 0.3) is 0 Å². The first-order valence-electron chi connectivity index (χ1n) is 7.54. The van der Waals surface area contributed by atoms with Crippen molar-refractivity contribution in [3.05, 3.63) is 36.8 Å². The third-order valence-corrected chi connectivity index (χ3v) is 4.24. The number of rotatable bonds is 3. The molecular formula is C17H14N6O. The van der Waals surface area contributed by atoms with Gasteiger partial charge in [-0.3, -0.25) is 9.89 Å². The largest absolute Gasteiger partial charge is 0.398 e. The first-order chi connectivity index (χ1) is 11.7. The van der Waals surface area contributed by atoms with Crippen LogP contribution in [0.5, 0.6) is 0 Å². The second-order valence-electron chi connectivity index (χ2n) is 5.91. The van der Waals surface area contributed by atoms with Gasteiger partial charge in [0.15, 0.2) is 0 Å². The molecule has 0 aliphatic heterocycles. The summed E-state index contributed by atoms with van der Waals surface area (Å²) < 4.78 is 0. The van der Waals surface area contributed by atoms with E-state index in [9.17, 15) is 4.79 Å². The van der Waals surface area contributed by atoms with Crippen molar-refractivity contribution in [3.63, 3.8) is 0 Å². The first-order valence-corrected chi connectivity index (χ1v) is 7.54. The van der Waals surface area contributed by atoms with Crippen LogP contribution in [-0.2, 0) is 4.79 Å². The molecule has 4 rings (SSSR count). The van der Waals surface area contributed by atoms with Gasteiger partial charge in [-0.25, -0.2) is 4.98 Å². The maximum atomic E-state index is 12.1. The molecule has 0 spiro atoms. The molecule has 2 unspecified atom stereocenters. The van der Waals surface area contributed by atoms with E-state index in [1.807, 2.05) is 12.1 Å². The molecule has 0 bridgehead atoms. The minimum absolute atomic E-state index is 0.160. The van der Waals surface area contributed by atoms with Gasteiger partial charge in [-0.15, -0.1) is 0 Å². The molecule has 1 aliphatic carbocycles. The number of aromatic nitrogens is 3. The van der Waals surface area contributed by atoms with E-state index in [2.05, 4.69) is 26.6 Å². The van der Waals surface area contributed by atoms with Crippen LogP contribution in [0.3, 0.4) is 0 Å². The number of hydrogen-bond donors (Lipinski definition) is 3. The van der Waals surface area contributed by atoms with E-state index < -0.39 is 0 Å². The third kappa shape index (κ3) is 2.44. The summed E-state index contributed by atoms with van der Waals surface area (Å²) in [5.74, 6) is -0.101. The summed E-state index contributed by atoms with van der Waals surface area (Å²) in [5, 5.41) is 20.0. The van der Waals surface area contributed by atoms with Crippen LogP contribution in [0, 0.1) is 23.2 Å². The number of nitrogens with two attached hydrogens (primary N) is 1.